The third-order valence-corrected chi connectivity index (χ3v) is 8.04. The van der Waals surface area contributed by atoms with E-state index in [0.29, 0.717) is 61.3 Å². The van der Waals surface area contributed by atoms with Gasteiger partial charge in [0, 0.05) is 48.7 Å². The van der Waals surface area contributed by atoms with Crippen LogP contribution in [0.5, 0.6) is 5.75 Å². The summed E-state index contributed by atoms with van der Waals surface area (Å²) in [7, 11) is 1.57. The third-order valence-electron chi connectivity index (χ3n) is 7.70. The predicted molar refractivity (Wildman–Crippen MR) is 160 cm³/mol. The fourth-order valence-electron chi connectivity index (χ4n) is 5.26. The Morgan fingerprint density at radius 2 is 1.77 bits per heavy atom. The second-order valence-electron chi connectivity index (χ2n) is 10.5. The highest BCUT2D eigenvalue weighted by atomic mass is 35.5. The molecular weight excluding hydrogens is 597 g/mol. The molecule has 0 radical (unpaired) electrons. The number of hydrazone groups is 1. The number of ether oxygens (including phenoxy) is 2. The van der Waals surface area contributed by atoms with Crippen LogP contribution in [0.15, 0.2) is 77.9 Å². The minimum Gasteiger partial charge on any atom is -0.497 e. The van der Waals surface area contributed by atoms with Crippen molar-refractivity contribution < 1.29 is 32.2 Å². The number of hydrogen-bond acceptors (Lipinski definition) is 6. The van der Waals surface area contributed by atoms with Gasteiger partial charge < -0.3 is 14.4 Å². The van der Waals surface area contributed by atoms with Crippen LogP contribution in [0, 0.1) is 0 Å². The molecule has 0 aromatic heterocycles. The van der Waals surface area contributed by atoms with Gasteiger partial charge in [0.1, 0.15) is 12.3 Å². The second kappa shape index (κ2) is 13.8. The SMILES string of the molecule is COc1cccc(C2=NN(C(=O)CN(CCN3CCOCC3)C(=O)c3ccc(C(F)(F)F)cc3)[C@H](c3ccccc3Cl)C2)c1. The van der Waals surface area contributed by atoms with Crippen LogP contribution in [0.2, 0.25) is 5.02 Å². The molecule has 12 heteroatoms. The highest BCUT2D eigenvalue weighted by Crippen LogP contribution is 2.37. The summed E-state index contributed by atoms with van der Waals surface area (Å²) in [4.78, 5) is 31.1. The number of carbonyl (C=O) groups excluding carboxylic acids is 2. The molecule has 3 aromatic carbocycles. The topological polar surface area (TPSA) is 74.7 Å². The molecule has 5 rings (SSSR count). The van der Waals surface area contributed by atoms with Crippen molar-refractivity contribution in [2.24, 2.45) is 5.10 Å². The van der Waals surface area contributed by atoms with Crippen molar-refractivity contribution in [1.82, 2.24) is 14.8 Å². The summed E-state index contributed by atoms with van der Waals surface area (Å²) in [6.45, 7) is 2.77. The summed E-state index contributed by atoms with van der Waals surface area (Å²) in [6.07, 6.45) is -4.15. The summed E-state index contributed by atoms with van der Waals surface area (Å²) >= 11 is 6.56. The first kappa shape index (κ1) is 31.5. The van der Waals surface area contributed by atoms with Gasteiger partial charge in [-0.15, -0.1) is 0 Å². The Morgan fingerprint density at radius 3 is 2.45 bits per heavy atom. The average molecular weight is 629 g/mol. The lowest BCUT2D eigenvalue weighted by molar-refractivity contribution is -0.137. The summed E-state index contributed by atoms with van der Waals surface area (Å²) in [6, 6.07) is 18.0. The molecular formula is C32H32ClF3N4O4. The van der Waals surface area contributed by atoms with Crippen molar-refractivity contribution in [3.63, 3.8) is 0 Å². The van der Waals surface area contributed by atoms with Crippen molar-refractivity contribution >= 4 is 29.1 Å². The van der Waals surface area contributed by atoms with E-state index >= 15 is 0 Å². The number of halogens is 4. The Kier molecular flexibility index (Phi) is 9.87. The maximum atomic E-state index is 14.0. The van der Waals surface area contributed by atoms with Crippen LogP contribution >= 0.6 is 11.6 Å². The molecule has 0 aliphatic carbocycles. The maximum absolute atomic E-state index is 14.0. The first-order valence-corrected chi connectivity index (χ1v) is 14.6. The molecule has 1 fully saturated rings. The van der Waals surface area contributed by atoms with Gasteiger partial charge in [0.05, 0.1) is 37.6 Å². The minimum absolute atomic E-state index is 0.0532. The first-order valence-electron chi connectivity index (χ1n) is 14.2. The number of alkyl halides is 3. The molecule has 0 bridgehead atoms. The van der Waals surface area contributed by atoms with E-state index in [0.717, 1.165) is 29.8 Å². The van der Waals surface area contributed by atoms with E-state index in [1.807, 2.05) is 36.4 Å². The van der Waals surface area contributed by atoms with Crippen molar-refractivity contribution in [2.45, 2.75) is 18.6 Å². The number of amides is 2. The minimum atomic E-state index is -4.53. The van der Waals surface area contributed by atoms with Crippen molar-refractivity contribution in [2.75, 3.05) is 53.0 Å². The van der Waals surface area contributed by atoms with Gasteiger partial charge in [-0.3, -0.25) is 14.5 Å². The van der Waals surface area contributed by atoms with Crippen molar-refractivity contribution in [3.05, 3.63) is 100 Å². The normalized spacial score (nSPS) is 17.3. The van der Waals surface area contributed by atoms with Crippen LogP contribution < -0.4 is 4.74 Å². The number of hydrogen-bond donors (Lipinski definition) is 0. The molecule has 2 amide bonds. The molecule has 1 atom stereocenters. The van der Waals surface area contributed by atoms with Crippen LogP contribution in [0.25, 0.3) is 0 Å². The molecule has 8 nitrogen and oxygen atoms in total. The fraction of sp³-hybridized carbons (Fsp3) is 0.344. The van der Waals surface area contributed by atoms with Crippen LogP contribution in [0.1, 0.15) is 39.5 Å². The Balaban J connectivity index is 1.43. The van der Waals surface area contributed by atoms with Gasteiger partial charge in [-0.05, 0) is 48.0 Å². The van der Waals surface area contributed by atoms with E-state index in [4.69, 9.17) is 26.2 Å². The molecule has 2 aliphatic heterocycles. The highest BCUT2D eigenvalue weighted by molar-refractivity contribution is 6.31. The lowest BCUT2D eigenvalue weighted by Crippen LogP contribution is -2.46. The molecule has 232 valence electrons. The molecule has 0 N–H and O–H groups in total. The molecule has 1 saturated heterocycles. The molecule has 0 unspecified atom stereocenters. The van der Waals surface area contributed by atoms with Crippen LogP contribution in [-0.4, -0.2) is 85.4 Å². The van der Waals surface area contributed by atoms with E-state index in [1.54, 1.807) is 19.2 Å². The second-order valence-corrected chi connectivity index (χ2v) is 10.9. The predicted octanol–water partition coefficient (Wildman–Crippen LogP) is 5.52. The van der Waals surface area contributed by atoms with Crippen LogP contribution in [0.4, 0.5) is 13.2 Å². The molecule has 44 heavy (non-hydrogen) atoms. The van der Waals surface area contributed by atoms with Gasteiger partial charge >= 0.3 is 6.18 Å². The quantitative estimate of drug-likeness (QED) is 0.312. The number of carbonyl (C=O) groups is 2. The monoisotopic (exact) mass is 628 g/mol. The third kappa shape index (κ3) is 7.40. The summed E-state index contributed by atoms with van der Waals surface area (Å²) in [5, 5.41) is 6.54. The van der Waals surface area contributed by atoms with Gasteiger partial charge in [0.25, 0.3) is 11.8 Å². The Hall–Kier alpha value is -3.93. The molecule has 2 heterocycles. The van der Waals surface area contributed by atoms with E-state index in [9.17, 15) is 22.8 Å². The smallest absolute Gasteiger partial charge is 0.416 e. The van der Waals surface area contributed by atoms with Gasteiger partial charge in [-0.1, -0.05) is 41.9 Å². The van der Waals surface area contributed by atoms with E-state index in [2.05, 4.69) is 4.90 Å². The maximum Gasteiger partial charge on any atom is 0.416 e. The molecule has 3 aromatic rings. The number of morpholine rings is 1. The average Bonchev–Trinajstić information content (AvgIpc) is 3.48. The Labute approximate surface area is 258 Å². The van der Waals surface area contributed by atoms with E-state index < -0.39 is 29.6 Å². The number of nitrogens with zero attached hydrogens (tertiary/aromatic N) is 4. The van der Waals surface area contributed by atoms with E-state index in [-0.39, 0.29) is 18.7 Å². The first-order chi connectivity index (χ1) is 21.1. The van der Waals surface area contributed by atoms with Gasteiger partial charge in [-0.25, -0.2) is 5.01 Å². The summed E-state index contributed by atoms with van der Waals surface area (Å²) < 4.78 is 50.3. The zero-order valence-electron chi connectivity index (χ0n) is 24.1. The number of rotatable bonds is 9. The highest BCUT2D eigenvalue weighted by Gasteiger charge is 2.36. The molecule has 0 spiro atoms. The molecule has 2 aliphatic rings. The zero-order chi connectivity index (χ0) is 31.3. The number of benzene rings is 3. The summed E-state index contributed by atoms with van der Waals surface area (Å²) in [5.41, 5.74) is 1.33. The van der Waals surface area contributed by atoms with Gasteiger partial charge in [0.2, 0.25) is 0 Å². The largest absolute Gasteiger partial charge is 0.497 e. The van der Waals surface area contributed by atoms with Crippen molar-refractivity contribution in [1.29, 1.82) is 0 Å². The Morgan fingerprint density at radius 1 is 1.05 bits per heavy atom. The standard InChI is InChI=1S/C32H32ClF3N4O4/c1-43-25-6-4-5-23(19-25)28-20-29(26-7-2-3-8-27(26)33)40(37-28)30(41)21-39(14-13-38-15-17-44-18-16-38)31(42)22-9-11-24(12-10-22)32(34,35)36/h2-12,19,29H,13-18,20-21H2,1H3/t29-/m0/s1. The number of methoxy groups -OCH3 is 1. The Bertz CT molecular complexity index is 1510. The molecule has 0 saturated carbocycles. The van der Waals surface area contributed by atoms with Gasteiger partial charge in [-0.2, -0.15) is 18.3 Å². The zero-order valence-corrected chi connectivity index (χ0v) is 24.9. The van der Waals surface area contributed by atoms with Gasteiger partial charge in [0.15, 0.2) is 0 Å². The lowest BCUT2D eigenvalue weighted by Gasteiger charge is -2.31. The lowest BCUT2D eigenvalue weighted by atomic mass is 9.98. The van der Waals surface area contributed by atoms with Crippen LogP contribution in [0.3, 0.4) is 0 Å². The van der Waals surface area contributed by atoms with E-state index in [1.165, 1.54) is 9.91 Å². The summed E-state index contributed by atoms with van der Waals surface area (Å²) in [5.74, 6) is -0.360. The fourth-order valence-corrected chi connectivity index (χ4v) is 5.53. The van der Waals surface area contributed by atoms with Crippen LogP contribution in [-0.2, 0) is 15.7 Å². The van der Waals surface area contributed by atoms with Crippen molar-refractivity contribution in [3.8, 4) is 5.75 Å².